The lowest BCUT2D eigenvalue weighted by atomic mass is 10.3. The van der Waals surface area contributed by atoms with E-state index in [9.17, 15) is 0 Å². The fourth-order valence-electron chi connectivity index (χ4n) is 0.630. The van der Waals surface area contributed by atoms with Crippen molar-refractivity contribution in [2.75, 3.05) is 7.11 Å². The van der Waals surface area contributed by atoms with E-state index in [4.69, 9.17) is 9.84 Å². The van der Waals surface area contributed by atoms with Gasteiger partial charge in [-0.15, -0.1) is 0 Å². The van der Waals surface area contributed by atoms with E-state index in [0.717, 1.165) is 0 Å². The first-order valence-corrected chi connectivity index (χ1v) is 2.66. The van der Waals surface area contributed by atoms with Gasteiger partial charge >= 0.3 is 0 Å². The summed E-state index contributed by atoms with van der Waals surface area (Å²) in [5.74, 6) is 0.692. The molecule has 0 aliphatic carbocycles. The zero-order valence-electron chi connectivity index (χ0n) is 5.57. The lowest BCUT2D eigenvalue weighted by Crippen LogP contribution is -1.80. The molecule has 1 aromatic rings. The van der Waals surface area contributed by atoms with Gasteiger partial charge in [-0.25, -0.2) is 0 Å². The molecule has 0 amide bonds. The Balaban J connectivity index is 0.000000810. The Bertz CT molecular complexity index is 201. The number of hydrogen-bond acceptors (Lipinski definition) is 2. The molecule has 10 heavy (non-hydrogen) atoms. The van der Waals surface area contributed by atoms with E-state index in [1.54, 1.807) is 24.3 Å². The van der Waals surface area contributed by atoms with E-state index in [1.165, 1.54) is 7.11 Å². The molecule has 0 unspecified atom stereocenters. The molecule has 0 heterocycles. The summed E-state index contributed by atoms with van der Waals surface area (Å²) in [5, 5.41) is 8.99. The van der Waals surface area contributed by atoms with Gasteiger partial charge in [-0.2, -0.15) is 0 Å². The first-order chi connectivity index (χ1) is 4.34. The van der Waals surface area contributed by atoms with Crippen LogP contribution < -0.4 is 4.74 Å². The van der Waals surface area contributed by atoms with Crippen LogP contribution >= 0.6 is 0 Å². The van der Waals surface area contributed by atoms with Gasteiger partial charge < -0.3 is 9.84 Å². The standard InChI is InChI=1S/C7H8O2.FH/c1-9-7-5-3-2-4-6(7)8;/h2-5,8H,1H3;1H. The topological polar surface area (TPSA) is 29.5 Å². The lowest BCUT2D eigenvalue weighted by Gasteiger charge is -1.99. The maximum absolute atomic E-state index is 8.99. The van der Waals surface area contributed by atoms with Crippen LogP contribution in [0.5, 0.6) is 11.5 Å². The van der Waals surface area contributed by atoms with E-state index in [-0.39, 0.29) is 10.5 Å². The second kappa shape index (κ2) is 3.71. The quantitative estimate of drug-likeness (QED) is 0.648. The fourth-order valence-corrected chi connectivity index (χ4v) is 0.630. The Morgan fingerprint density at radius 2 is 1.90 bits per heavy atom. The van der Waals surface area contributed by atoms with Crippen LogP contribution in [-0.2, 0) is 0 Å². The molecule has 0 spiro atoms. The van der Waals surface area contributed by atoms with Crippen molar-refractivity contribution in [2.24, 2.45) is 0 Å². The van der Waals surface area contributed by atoms with E-state index >= 15 is 0 Å². The van der Waals surface area contributed by atoms with Gasteiger partial charge in [0, 0.05) is 0 Å². The summed E-state index contributed by atoms with van der Waals surface area (Å²) in [6.45, 7) is 0. The molecule has 1 N–H and O–H groups in total. The lowest BCUT2D eigenvalue weighted by molar-refractivity contribution is 0.373. The van der Waals surface area contributed by atoms with Crippen molar-refractivity contribution in [2.45, 2.75) is 0 Å². The third kappa shape index (κ3) is 1.62. The van der Waals surface area contributed by atoms with Crippen molar-refractivity contribution in [3.63, 3.8) is 0 Å². The maximum Gasteiger partial charge on any atom is 0.160 e. The van der Waals surface area contributed by atoms with Crippen LogP contribution in [0.1, 0.15) is 0 Å². The average molecular weight is 144 g/mol. The number of methoxy groups -OCH3 is 1. The molecule has 1 aromatic carbocycles. The van der Waals surface area contributed by atoms with Crippen LogP contribution in [0.3, 0.4) is 0 Å². The fraction of sp³-hybridized carbons (Fsp3) is 0.143. The van der Waals surface area contributed by atoms with Crippen LogP contribution in [0.15, 0.2) is 24.3 Å². The summed E-state index contributed by atoms with van der Waals surface area (Å²) in [5.41, 5.74) is 0. The van der Waals surface area contributed by atoms with Gasteiger partial charge in [0.15, 0.2) is 11.5 Å². The van der Waals surface area contributed by atoms with Gasteiger partial charge in [-0.05, 0) is 12.1 Å². The predicted octanol–water partition coefficient (Wildman–Crippen LogP) is 1.55. The Kier molecular flexibility index (Phi) is 3.25. The summed E-state index contributed by atoms with van der Waals surface area (Å²) < 4.78 is 4.79. The van der Waals surface area contributed by atoms with Crippen LogP contribution in [0.4, 0.5) is 4.70 Å². The summed E-state index contributed by atoms with van der Waals surface area (Å²) >= 11 is 0. The highest BCUT2D eigenvalue weighted by atomic mass is 19.0. The number of hydrogen-bond donors (Lipinski definition) is 1. The second-order valence-electron chi connectivity index (χ2n) is 1.67. The maximum atomic E-state index is 8.99. The minimum atomic E-state index is 0. The number of phenolic OH excluding ortho intramolecular Hbond substituents is 1. The Labute approximate surface area is 58.4 Å². The Morgan fingerprint density at radius 1 is 1.30 bits per heavy atom. The largest absolute Gasteiger partial charge is 0.504 e. The molecular weight excluding hydrogens is 135 g/mol. The van der Waals surface area contributed by atoms with Crippen molar-refractivity contribution in [1.82, 2.24) is 0 Å². The van der Waals surface area contributed by atoms with E-state index < -0.39 is 0 Å². The molecule has 0 saturated carbocycles. The molecule has 2 nitrogen and oxygen atoms in total. The molecule has 0 radical (unpaired) electrons. The van der Waals surface area contributed by atoms with Gasteiger partial charge in [0.1, 0.15) is 0 Å². The molecule has 0 aromatic heterocycles. The molecule has 0 fully saturated rings. The highest BCUT2D eigenvalue weighted by Gasteiger charge is 1.94. The number of halogens is 1. The van der Waals surface area contributed by atoms with Gasteiger partial charge in [-0.1, -0.05) is 12.1 Å². The van der Waals surface area contributed by atoms with Crippen molar-refractivity contribution in [3.8, 4) is 11.5 Å². The van der Waals surface area contributed by atoms with Crippen LogP contribution in [-0.4, -0.2) is 12.2 Å². The van der Waals surface area contributed by atoms with Crippen LogP contribution in [0, 0.1) is 0 Å². The van der Waals surface area contributed by atoms with Gasteiger partial charge in [0.05, 0.1) is 7.11 Å². The first kappa shape index (κ1) is 8.75. The minimum absolute atomic E-state index is 0. The minimum Gasteiger partial charge on any atom is -0.504 e. The number of benzene rings is 1. The highest BCUT2D eigenvalue weighted by molar-refractivity contribution is 5.37. The smallest absolute Gasteiger partial charge is 0.160 e. The molecule has 56 valence electrons. The summed E-state index contributed by atoms with van der Waals surface area (Å²) in [6, 6.07) is 6.84. The molecule has 0 aliphatic heterocycles. The molecule has 0 atom stereocenters. The Hall–Kier alpha value is -1.25. The SMILES string of the molecule is COc1ccccc1O.F. The third-order valence-corrected chi connectivity index (χ3v) is 1.09. The monoisotopic (exact) mass is 144 g/mol. The van der Waals surface area contributed by atoms with E-state index in [2.05, 4.69) is 0 Å². The third-order valence-electron chi connectivity index (χ3n) is 1.09. The second-order valence-corrected chi connectivity index (χ2v) is 1.67. The van der Waals surface area contributed by atoms with Crippen molar-refractivity contribution in [3.05, 3.63) is 24.3 Å². The molecule has 0 aliphatic rings. The van der Waals surface area contributed by atoms with Crippen LogP contribution in [0.25, 0.3) is 0 Å². The molecular formula is C7H9FO2. The van der Waals surface area contributed by atoms with Gasteiger partial charge in [0.25, 0.3) is 0 Å². The normalized spacial score (nSPS) is 8.10. The molecule has 0 saturated heterocycles. The van der Waals surface area contributed by atoms with E-state index in [0.29, 0.717) is 5.75 Å². The summed E-state index contributed by atoms with van der Waals surface area (Å²) in [6.07, 6.45) is 0. The summed E-state index contributed by atoms with van der Waals surface area (Å²) in [4.78, 5) is 0. The highest BCUT2D eigenvalue weighted by Crippen LogP contribution is 2.22. The van der Waals surface area contributed by atoms with Gasteiger partial charge in [-0.3, -0.25) is 4.70 Å². The molecule has 1 rings (SSSR count). The molecule has 0 bridgehead atoms. The number of rotatable bonds is 1. The number of para-hydroxylation sites is 2. The summed E-state index contributed by atoms with van der Waals surface area (Å²) in [7, 11) is 1.52. The number of phenols is 1. The van der Waals surface area contributed by atoms with Gasteiger partial charge in [0.2, 0.25) is 0 Å². The zero-order valence-corrected chi connectivity index (χ0v) is 5.57. The zero-order chi connectivity index (χ0) is 6.69. The van der Waals surface area contributed by atoms with Crippen LogP contribution in [0.2, 0.25) is 0 Å². The number of ether oxygens (including phenoxy) is 1. The number of aromatic hydroxyl groups is 1. The van der Waals surface area contributed by atoms with Crippen molar-refractivity contribution < 1.29 is 14.5 Å². The first-order valence-electron chi connectivity index (χ1n) is 2.66. The van der Waals surface area contributed by atoms with Crippen molar-refractivity contribution >= 4 is 0 Å². The molecule has 3 heteroatoms. The van der Waals surface area contributed by atoms with Crippen molar-refractivity contribution in [1.29, 1.82) is 0 Å². The average Bonchev–Trinajstić information content (AvgIpc) is 1.89. The predicted molar refractivity (Wildman–Crippen MR) is 37.2 cm³/mol. The van der Waals surface area contributed by atoms with E-state index in [1.807, 2.05) is 0 Å². The Morgan fingerprint density at radius 3 is 2.30 bits per heavy atom.